The third kappa shape index (κ3) is 4.52. The van der Waals surface area contributed by atoms with Gasteiger partial charge in [-0.1, -0.05) is 18.6 Å². The first kappa shape index (κ1) is 21.0. The Balaban J connectivity index is 1.25. The fourth-order valence-corrected chi connectivity index (χ4v) is 4.69. The molecule has 0 bridgehead atoms. The molecular formula is C24H30N6O2. The molecule has 2 aromatic heterocycles. The summed E-state index contributed by atoms with van der Waals surface area (Å²) < 4.78 is 7.07. The molecule has 0 amide bonds. The normalized spacial score (nSPS) is 19.1. The number of benzene rings is 1. The lowest BCUT2D eigenvalue weighted by molar-refractivity contribution is 0.107. The highest BCUT2D eigenvalue weighted by Crippen LogP contribution is 2.20. The van der Waals surface area contributed by atoms with Crippen LogP contribution in [0.1, 0.15) is 36.2 Å². The lowest BCUT2D eigenvalue weighted by Gasteiger charge is -2.36. The highest BCUT2D eigenvalue weighted by molar-refractivity contribution is 5.76. The molecule has 1 fully saturated rings. The van der Waals surface area contributed by atoms with E-state index in [1.165, 1.54) is 12.8 Å². The molecule has 0 radical (unpaired) electrons. The molecule has 0 saturated carbocycles. The van der Waals surface area contributed by atoms with Crippen molar-refractivity contribution >= 4 is 16.9 Å². The number of anilines is 1. The molecule has 4 heterocycles. The van der Waals surface area contributed by atoms with Gasteiger partial charge in [-0.2, -0.15) is 5.10 Å². The topological polar surface area (TPSA) is 85.2 Å². The van der Waals surface area contributed by atoms with E-state index >= 15 is 0 Å². The zero-order valence-electron chi connectivity index (χ0n) is 18.6. The van der Waals surface area contributed by atoms with Gasteiger partial charge in [-0.3, -0.25) is 9.69 Å². The predicted octanol–water partition coefficient (Wildman–Crippen LogP) is 2.53. The van der Waals surface area contributed by atoms with Crippen molar-refractivity contribution in [2.24, 2.45) is 0 Å². The molecule has 2 aliphatic rings. The summed E-state index contributed by atoms with van der Waals surface area (Å²) in [4.78, 5) is 24.4. The summed E-state index contributed by atoms with van der Waals surface area (Å²) in [5.41, 5.74) is 4.64. The minimum Gasteiger partial charge on any atom is -0.376 e. The summed E-state index contributed by atoms with van der Waals surface area (Å²) >= 11 is 0. The Morgan fingerprint density at radius 2 is 2.00 bits per heavy atom. The van der Waals surface area contributed by atoms with Gasteiger partial charge in [0.1, 0.15) is 5.82 Å². The van der Waals surface area contributed by atoms with E-state index in [9.17, 15) is 4.79 Å². The monoisotopic (exact) mass is 434 g/mol. The highest BCUT2D eigenvalue weighted by Gasteiger charge is 2.23. The van der Waals surface area contributed by atoms with E-state index in [1.807, 2.05) is 31.2 Å². The maximum atomic E-state index is 12.5. The quantitative estimate of drug-likeness (QED) is 0.638. The lowest BCUT2D eigenvalue weighted by Crippen LogP contribution is -2.46. The van der Waals surface area contributed by atoms with E-state index in [4.69, 9.17) is 9.72 Å². The molecule has 32 heavy (non-hydrogen) atoms. The van der Waals surface area contributed by atoms with E-state index < -0.39 is 0 Å². The van der Waals surface area contributed by atoms with Gasteiger partial charge in [0.15, 0.2) is 0 Å². The molecule has 1 aromatic carbocycles. The summed E-state index contributed by atoms with van der Waals surface area (Å²) in [5, 5.41) is 8.16. The summed E-state index contributed by atoms with van der Waals surface area (Å²) in [6, 6.07) is 10.1. The summed E-state index contributed by atoms with van der Waals surface area (Å²) in [6.07, 6.45) is 4.33. The number of fused-ring (bicyclic) bond motifs is 2. The van der Waals surface area contributed by atoms with Crippen molar-refractivity contribution in [2.75, 3.05) is 31.6 Å². The van der Waals surface area contributed by atoms with Crippen molar-refractivity contribution in [3.63, 3.8) is 0 Å². The van der Waals surface area contributed by atoms with E-state index in [-0.39, 0.29) is 5.56 Å². The third-order valence-electron chi connectivity index (χ3n) is 6.50. The maximum absolute atomic E-state index is 12.5. The lowest BCUT2D eigenvalue weighted by atomic mass is 10.0. The number of aryl methyl sites for hydroxylation is 1. The molecule has 1 N–H and O–H groups in total. The fourth-order valence-electron chi connectivity index (χ4n) is 4.69. The number of ether oxygens (including phenoxy) is 1. The smallest absolute Gasteiger partial charge is 0.267 e. The van der Waals surface area contributed by atoms with Crippen LogP contribution in [0.25, 0.3) is 11.0 Å². The molecule has 3 aromatic rings. The van der Waals surface area contributed by atoms with Crippen LogP contribution in [0.4, 0.5) is 5.82 Å². The van der Waals surface area contributed by atoms with E-state index in [2.05, 4.69) is 20.3 Å². The molecular weight excluding hydrogens is 404 g/mol. The first-order chi connectivity index (χ1) is 15.7. The van der Waals surface area contributed by atoms with Gasteiger partial charge in [-0.15, -0.1) is 0 Å². The number of piperidine rings is 1. The van der Waals surface area contributed by atoms with Crippen LogP contribution in [-0.2, 0) is 24.3 Å². The van der Waals surface area contributed by atoms with E-state index in [0.29, 0.717) is 25.8 Å². The summed E-state index contributed by atoms with van der Waals surface area (Å²) in [5.74, 6) is 0.851. The average molecular weight is 435 g/mol. The number of hydrogen-bond acceptors (Lipinski definition) is 7. The molecule has 1 unspecified atom stereocenters. The van der Waals surface area contributed by atoms with E-state index in [0.717, 1.165) is 66.3 Å². The molecule has 1 atom stereocenters. The molecule has 8 nitrogen and oxygen atoms in total. The summed E-state index contributed by atoms with van der Waals surface area (Å²) in [7, 11) is 0. The first-order valence-electron chi connectivity index (χ1n) is 11.6. The number of rotatable bonds is 6. The Kier molecular flexibility index (Phi) is 6.14. The standard InChI is InChI=1S/C24H30N6O2/c1-17-24(27-22-8-3-2-7-21(22)26-17)25-15-19-6-4-5-10-29(19)11-12-30-23(31)14-18-16-32-13-9-20(18)28-30/h2-3,7-8,14,19H,4-6,9-13,15-16H2,1H3,(H,25,27). The van der Waals surface area contributed by atoms with Crippen LogP contribution < -0.4 is 10.9 Å². The molecule has 5 rings (SSSR count). The van der Waals surface area contributed by atoms with Crippen molar-refractivity contribution in [3.05, 3.63) is 57.6 Å². The SMILES string of the molecule is Cc1nc2ccccc2nc1NCC1CCCCN1CCn1nc2c(cc1=O)COCC2. The Hall–Kier alpha value is -2.84. The van der Waals surface area contributed by atoms with Crippen LogP contribution in [0.3, 0.4) is 0 Å². The first-order valence-corrected chi connectivity index (χ1v) is 11.6. The third-order valence-corrected chi connectivity index (χ3v) is 6.50. The van der Waals surface area contributed by atoms with Crippen molar-refractivity contribution < 1.29 is 4.74 Å². The van der Waals surface area contributed by atoms with Gasteiger partial charge in [0, 0.05) is 37.2 Å². The van der Waals surface area contributed by atoms with Crippen LogP contribution >= 0.6 is 0 Å². The van der Waals surface area contributed by atoms with Gasteiger partial charge >= 0.3 is 0 Å². The second-order valence-corrected chi connectivity index (χ2v) is 8.69. The van der Waals surface area contributed by atoms with Crippen LogP contribution in [0.15, 0.2) is 35.1 Å². The molecule has 2 aliphatic heterocycles. The van der Waals surface area contributed by atoms with Gasteiger partial charge in [-0.05, 0) is 38.4 Å². The average Bonchev–Trinajstić information content (AvgIpc) is 2.82. The molecule has 0 aliphatic carbocycles. The number of hydrogen-bond donors (Lipinski definition) is 1. The van der Waals surface area contributed by atoms with Gasteiger partial charge in [-0.25, -0.2) is 14.6 Å². The molecule has 1 saturated heterocycles. The number of likely N-dealkylation sites (tertiary alicyclic amines) is 1. The van der Waals surface area contributed by atoms with Crippen molar-refractivity contribution in [1.82, 2.24) is 24.6 Å². The van der Waals surface area contributed by atoms with Crippen LogP contribution in [-0.4, -0.2) is 56.9 Å². The Morgan fingerprint density at radius 1 is 1.16 bits per heavy atom. The molecule has 0 spiro atoms. The van der Waals surface area contributed by atoms with Crippen LogP contribution in [0.5, 0.6) is 0 Å². The van der Waals surface area contributed by atoms with Gasteiger partial charge in [0.2, 0.25) is 0 Å². The van der Waals surface area contributed by atoms with Crippen molar-refractivity contribution in [1.29, 1.82) is 0 Å². The number of nitrogens with one attached hydrogen (secondary N) is 1. The summed E-state index contributed by atoms with van der Waals surface area (Å²) in [6.45, 7) is 6.46. The zero-order chi connectivity index (χ0) is 21.9. The van der Waals surface area contributed by atoms with Gasteiger partial charge < -0.3 is 10.1 Å². The van der Waals surface area contributed by atoms with Crippen molar-refractivity contribution in [2.45, 2.75) is 51.8 Å². The molecule has 168 valence electrons. The van der Waals surface area contributed by atoms with Gasteiger partial charge in [0.25, 0.3) is 5.56 Å². The predicted molar refractivity (Wildman–Crippen MR) is 124 cm³/mol. The van der Waals surface area contributed by atoms with Crippen molar-refractivity contribution in [3.8, 4) is 0 Å². The zero-order valence-corrected chi connectivity index (χ0v) is 18.6. The number of para-hydroxylation sites is 2. The van der Waals surface area contributed by atoms with Crippen LogP contribution in [0.2, 0.25) is 0 Å². The Labute approximate surface area is 187 Å². The maximum Gasteiger partial charge on any atom is 0.267 e. The Bertz CT molecular complexity index is 1160. The number of nitrogens with zero attached hydrogens (tertiary/aromatic N) is 5. The number of aromatic nitrogens is 4. The van der Waals surface area contributed by atoms with E-state index in [1.54, 1.807) is 10.7 Å². The fraction of sp³-hybridized carbons (Fsp3) is 0.500. The highest BCUT2D eigenvalue weighted by atomic mass is 16.5. The minimum absolute atomic E-state index is 0.0389. The Morgan fingerprint density at radius 3 is 2.88 bits per heavy atom. The second-order valence-electron chi connectivity index (χ2n) is 8.69. The second kappa shape index (κ2) is 9.34. The minimum atomic E-state index is -0.0389. The molecule has 8 heteroatoms. The van der Waals surface area contributed by atoms with Crippen LogP contribution in [0, 0.1) is 6.92 Å². The van der Waals surface area contributed by atoms with Gasteiger partial charge in [0.05, 0.1) is 42.2 Å². The largest absolute Gasteiger partial charge is 0.376 e.